The van der Waals surface area contributed by atoms with E-state index in [1.54, 1.807) is 6.07 Å². The SMILES string of the molecule is Cc1csc2c(Cl)c(Cl)c(OCC(=O)O)cc12. The Balaban J connectivity index is 2.52. The molecule has 0 aliphatic rings. The first-order valence-electron chi connectivity index (χ1n) is 4.71. The van der Waals surface area contributed by atoms with Crippen LogP contribution in [0.5, 0.6) is 5.75 Å². The number of halogens is 2. The predicted molar refractivity (Wildman–Crippen MR) is 69.7 cm³/mol. The molecule has 2 rings (SSSR count). The Morgan fingerprint density at radius 1 is 1.47 bits per heavy atom. The molecule has 6 heteroatoms. The molecule has 1 aromatic carbocycles. The average molecular weight is 291 g/mol. The highest BCUT2D eigenvalue weighted by atomic mass is 35.5. The van der Waals surface area contributed by atoms with E-state index in [2.05, 4.69) is 0 Å². The van der Waals surface area contributed by atoms with Gasteiger partial charge in [-0.2, -0.15) is 0 Å². The molecule has 0 fully saturated rings. The molecule has 17 heavy (non-hydrogen) atoms. The summed E-state index contributed by atoms with van der Waals surface area (Å²) in [6.45, 7) is 1.51. The van der Waals surface area contributed by atoms with Gasteiger partial charge in [0, 0.05) is 5.39 Å². The van der Waals surface area contributed by atoms with Gasteiger partial charge in [-0.1, -0.05) is 23.2 Å². The molecule has 1 heterocycles. The second-order valence-electron chi connectivity index (χ2n) is 3.48. The standard InChI is InChI=1S/C11H8Cl2O3S/c1-5-4-17-11-6(5)2-7(9(12)10(11)13)16-3-8(14)15/h2,4H,3H2,1H3,(H,14,15). The molecule has 0 saturated carbocycles. The van der Waals surface area contributed by atoms with Crippen molar-refractivity contribution in [3.05, 3.63) is 27.1 Å². The van der Waals surface area contributed by atoms with Gasteiger partial charge in [-0.05, 0) is 23.9 Å². The van der Waals surface area contributed by atoms with Gasteiger partial charge in [0.05, 0.1) is 9.72 Å². The topological polar surface area (TPSA) is 46.5 Å². The summed E-state index contributed by atoms with van der Waals surface area (Å²) in [5.41, 5.74) is 1.06. The summed E-state index contributed by atoms with van der Waals surface area (Å²) < 4.78 is 5.99. The fourth-order valence-corrected chi connectivity index (χ4v) is 3.01. The van der Waals surface area contributed by atoms with E-state index >= 15 is 0 Å². The molecule has 2 aromatic rings. The van der Waals surface area contributed by atoms with Crippen LogP contribution in [0.1, 0.15) is 5.56 Å². The number of carboxylic acids is 1. The highest BCUT2D eigenvalue weighted by molar-refractivity contribution is 7.18. The first kappa shape index (κ1) is 12.5. The van der Waals surface area contributed by atoms with Crippen LogP contribution in [-0.2, 0) is 4.79 Å². The second-order valence-corrected chi connectivity index (χ2v) is 5.12. The number of hydrogen-bond acceptors (Lipinski definition) is 3. The van der Waals surface area contributed by atoms with E-state index in [1.165, 1.54) is 11.3 Å². The van der Waals surface area contributed by atoms with Crippen molar-refractivity contribution in [2.75, 3.05) is 6.61 Å². The molecular formula is C11H8Cl2O3S. The minimum Gasteiger partial charge on any atom is -0.480 e. The Bertz CT molecular complexity index is 592. The van der Waals surface area contributed by atoms with Gasteiger partial charge in [-0.3, -0.25) is 0 Å². The van der Waals surface area contributed by atoms with Crippen LogP contribution in [0.4, 0.5) is 0 Å². The lowest BCUT2D eigenvalue weighted by Crippen LogP contribution is -2.09. The maximum absolute atomic E-state index is 10.5. The van der Waals surface area contributed by atoms with E-state index in [-0.39, 0.29) is 5.02 Å². The Labute approximate surface area is 112 Å². The first-order chi connectivity index (χ1) is 8.00. The van der Waals surface area contributed by atoms with Crippen LogP contribution in [0.3, 0.4) is 0 Å². The van der Waals surface area contributed by atoms with Crippen molar-refractivity contribution < 1.29 is 14.6 Å². The molecule has 90 valence electrons. The number of aryl methyl sites for hydroxylation is 1. The van der Waals surface area contributed by atoms with Gasteiger partial charge in [0.2, 0.25) is 0 Å². The van der Waals surface area contributed by atoms with Crippen LogP contribution in [0, 0.1) is 6.92 Å². The Morgan fingerprint density at radius 2 is 2.18 bits per heavy atom. The van der Waals surface area contributed by atoms with Crippen LogP contribution >= 0.6 is 34.5 Å². The monoisotopic (exact) mass is 290 g/mol. The number of rotatable bonds is 3. The zero-order chi connectivity index (χ0) is 12.6. The van der Waals surface area contributed by atoms with Crippen LogP contribution in [-0.4, -0.2) is 17.7 Å². The number of thiophene rings is 1. The number of carboxylic acid groups (broad SMARTS) is 1. The van der Waals surface area contributed by atoms with Crippen molar-refractivity contribution in [3.63, 3.8) is 0 Å². The van der Waals surface area contributed by atoms with Gasteiger partial charge in [0.1, 0.15) is 10.8 Å². The van der Waals surface area contributed by atoms with Gasteiger partial charge in [-0.15, -0.1) is 11.3 Å². The number of carbonyl (C=O) groups is 1. The predicted octanol–water partition coefficient (Wildman–Crippen LogP) is 3.98. The van der Waals surface area contributed by atoms with Crippen LogP contribution < -0.4 is 4.74 Å². The number of hydrogen-bond donors (Lipinski definition) is 1. The maximum atomic E-state index is 10.5. The van der Waals surface area contributed by atoms with E-state index in [0.29, 0.717) is 10.8 Å². The molecule has 0 unspecified atom stereocenters. The van der Waals surface area contributed by atoms with Gasteiger partial charge < -0.3 is 9.84 Å². The Morgan fingerprint density at radius 3 is 2.82 bits per heavy atom. The number of ether oxygens (including phenoxy) is 1. The molecule has 1 N–H and O–H groups in total. The van der Waals surface area contributed by atoms with Crippen LogP contribution in [0.15, 0.2) is 11.4 Å². The van der Waals surface area contributed by atoms with E-state index in [1.807, 2.05) is 12.3 Å². The quantitative estimate of drug-likeness (QED) is 0.930. The van der Waals surface area contributed by atoms with Gasteiger partial charge >= 0.3 is 5.97 Å². The highest BCUT2D eigenvalue weighted by Crippen LogP contribution is 2.42. The van der Waals surface area contributed by atoms with Crippen LogP contribution in [0.2, 0.25) is 10.0 Å². The third-order valence-electron chi connectivity index (χ3n) is 2.26. The van der Waals surface area contributed by atoms with Crippen molar-refractivity contribution in [2.24, 2.45) is 0 Å². The molecule has 0 aliphatic carbocycles. The Hall–Kier alpha value is -0.970. The molecule has 0 bridgehead atoms. The lowest BCUT2D eigenvalue weighted by atomic mass is 10.2. The van der Waals surface area contributed by atoms with Crippen molar-refractivity contribution in [1.82, 2.24) is 0 Å². The summed E-state index contributed by atoms with van der Waals surface area (Å²) in [5, 5.41) is 12.1. The summed E-state index contributed by atoms with van der Waals surface area (Å²) in [4.78, 5) is 10.5. The zero-order valence-corrected chi connectivity index (χ0v) is 11.1. The minimum atomic E-state index is -1.06. The normalized spacial score (nSPS) is 10.8. The molecule has 0 aliphatic heterocycles. The third kappa shape index (κ3) is 2.34. The first-order valence-corrected chi connectivity index (χ1v) is 6.34. The van der Waals surface area contributed by atoms with Crippen molar-refractivity contribution >= 4 is 50.6 Å². The molecule has 0 atom stereocenters. The fraction of sp³-hybridized carbons (Fsp3) is 0.182. The van der Waals surface area contributed by atoms with Crippen LogP contribution in [0.25, 0.3) is 10.1 Å². The summed E-state index contributed by atoms with van der Waals surface area (Å²) in [6.07, 6.45) is 0. The zero-order valence-electron chi connectivity index (χ0n) is 8.79. The minimum absolute atomic E-state index is 0.252. The lowest BCUT2D eigenvalue weighted by molar-refractivity contribution is -0.139. The summed E-state index contributed by atoms with van der Waals surface area (Å²) in [5.74, 6) is -0.757. The fourth-order valence-electron chi connectivity index (χ4n) is 1.45. The third-order valence-corrected chi connectivity index (χ3v) is 4.35. The van der Waals surface area contributed by atoms with E-state index in [0.717, 1.165) is 15.6 Å². The summed E-state index contributed by atoms with van der Waals surface area (Å²) in [7, 11) is 0. The molecule has 0 radical (unpaired) electrons. The smallest absolute Gasteiger partial charge is 0.341 e. The highest BCUT2D eigenvalue weighted by Gasteiger charge is 2.14. The summed E-state index contributed by atoms with van der Waals surface area (Å²) >= 11 is 13.6. The second kappa shape index (κ2) is 4.72. The maximum Gasteiger partial charge on any atom is 0.341 e. The molecule has 0 saturated heterocycles. The van der Waals surface area contributed by atoms with Gasteiger partial charge in [0.25, 0.3) is 0 Å². The van der Waals surface area contributed by atoms with E-state index in [4.69, 9.17) is 33.0 Å². The van der Waals surface area contributed by atoms with Gasteiger partial charge in [0.15, 0.2) is 6.61 Å². The average Bonchev–Trinajstić information content (AvgIpc) is 2.63. The van der Waals surface area contributed by atoms with E-state index in [9.17, 15) is 4.79 Å². The van der Waals surface area contributed by atoms with Crippen molar-refractivity contribution in [3.8, 4) is 5.75 Å². The van der Waals surface area contributed by atoms with Crippen molar-refractivity contribution in [2.45, 2.75) is 6.92 Å². The molecule has 3 nitrogen and oxygen atoms in total. The number of benzene rings is 1. The number of aliphatic carboxylic acids is 1. The molecule has 0 amide bonds. The molecular weight excluding hydrogens is 283 g/mol. The molecule has 0 spiro atoms. The lowest BCUT2D eigenvalue weighted by Gasteiger charge is -2.08. The van der Waals surface area contributed by atoms with Crippen molar-refractivity contribution in [1.29, 1.82) is 0 Å². The van der Waals surface area contributed by atoms with E-state index < -0.39 is 12.6 Å². The van der Waals surface area contributed by atoms with Gasteiger partial charge in [-0.25, -0.2) is 4.79 Å². The largest absolute Gasteiger partial charge is 0.480 e. The Kier molecular flexibility index (Phi) is 3.47. The summed E-state index contributed by atoms with van der Waals surface area (Å²) in [6, 6.07) is 1.72. The molecule has 1 aromatic heterocycles. The number of fused-ring (bicyclic) bond motifs is 1.